The second-order valence-electron chi connectivity index (χ2n) is 8.56. The van der Waals surface area contributed by atoms with E-state index in [2.05, 4.69) is 9.88 Å². The molecule has 2 aromatic carbocycles. The lowest BCUT2D eigenvalue weighted by molar-refractivity contribution is -0.116. The van der Waals surface area contributed by atoms with Crippen molar-refractivity contribution in [3.05, 3.63) is 78.5 Å². The van der Waals surface area contributed by atoms with E-state index in [0.717, 1.165) is 55.3 Å². The van der Waals surface area contributed by atoms with Crippen molar-refractivity contribution >= 4 is 21.8 Å². The Labute approximate surface area is 218 Å². The standard InChI is InChI=1S/C26H29N3O3.CH4O3S/c1-21(30)29(20-22-5-3-2-4-6-22)26-12-9-24(19-27-26)23-7-10-25(11-8-23)32-18-15-28-13-16-31-17-14-28;1-5(2,3)4/h2-12,19H,13-18,20H2,1H3;1H3,(H,2,3,4). The summed E-state index contributed by atoms with van der Waals surface area (Å²) in [6.07, 6.45) is 2.53. The van der Waals surface area contributed by atoms with Gasteiger partial charge in [0, 0.05) is 38.3 Å². The minimum Gasteiger partial charge on any atom is -0.492 e. The van der Waals surface area contributed by atoms with Crippen molar-refractivity contribution in [1.29, 1.82) is 0 Å². The van der Waals surface area contributed by atoms with Crippen molar-refractivity contribution in [3.8, 4) is 16.9 Å². The third-order valence-corrected chi connectivity index (χ3v) is 5.56. The number of rotatable bonds is 8. The number of carbonyl (C=O) groups is 1. The zero-order chi connectivity index (χ0) is 26.7. The summed E-state index contributed by atoms with van der Waals surface area (Å²) in [5.74, 6) is 1.47. The zero-order valence-electron chi connectivity index (χ0n) is 21.1. The zero-order valence-corrected chi connectivity index (χ0v) is 21.9. The number of pyridine rings is 1. The molecule has 198 valence electrons. The molecule has 0 spiro atoms. The Bertz CT molecular complexity index is 1210. The lowest BCUT2D eigenvalue weighted by atomic mass is 10.1. The Hall–Kier alpha value is -3.31. The molecule has 2 heterocycles. The number of morpholine rings is 1. The molecular formula is C27H33N3O6S. The average Bonchev–Trinajstić information content (AvgIpc) is 2.88. The Kier molecular flexibility index (Phi) is 10.6. The maximum Gasteiger partial charge on any atom is 0.261 e. The minimum absolute atomic E-state index is 0.0346. The molecular weight excluding hydrogens is 494 g/mol. The molecule has 4 rings (SSSR count). The van der Waals surface area contributed by atoms with E-state index >= 15 is 0 Å². The van der Waals surface area contributed by atoms with Crippen LogP contribution in [-0.4, -0.2) is 74.5 Å². The number of benzene rings is 2. The van der Waals surface area contributed by atoms with Crippen LogP contribution in [-0.2, 0) is 26.2 Å². The summed E-state index contributed by atoms with van der Waals surface area (Å²) in [6.45, 7) is 7.19. The first-order valence-electron chi connectivity index (χ1n) is 11.9. The lowest BCUT2D eigenvalue weighted by Crippen LogP contribution is -2.38. The van der Waals surface area contributed by atoms with Gasteiger partial charge in [-0.3, -0.25) is 19.1 Å². The molecule has 0 unspecified atom stereocenters. The highest BCUT2D eigenvalue weighted by molar-refractivity contribution is 7.85. The maximum absolute atomic E-state index is 12.2. The van der Waals surface area contributed by atoms with Crippen molar-refractivity contribution in [2.24, 2.45) is 0 Å². The van der Waals surface area contributed by atoms with Gasteiger partial charge < -0.3 is 9.47 Å². The summed E-state index contributed by atoms with van der Waals surface area (Å²) in [5, 5.41) is 0. The quantitative estimate of drug-likeness (QED) is 0.443. The van der Waals surface area contributed by atoms with Gasteiger partial charge in [0.2, 0.25) is 5.91 Å². The molecule has 0 saturated carbocycles. The van der Waals surface area contributed by atoms with Gasteiger partial charge in [-0.05, 0) is 35.4 Å². The van der Waals surface area contributed by atoms with Gasteiger partial charge in [-0.2, -0.15) is 8.42 Å². The fourth-order valence-corrected chi connectivity index (χ4v) is 3.70. The first kappa shape index (κ1) is 28.3. The molecule has 0 aliphatic carbocycles. The Morgan fingerprint density at radius 2 is 1.65 bits per heavy atom. The first-order valence-corrected chi connectivity index (χ1v) is 13.8. The predicted octanol–water partition coefficient (Wildman–Crippen LogP) is 3.52. The molecule has 1 fully saturated rings. The van der Waals surface area contributed by atoms with Crippen LogP contribution in [0.25, 0.3) is 11.1 Å². The first-order chi connectivity index (χ1) is 17.7. The molecule has 0 atom stereocenters. The van der Waals surface area contributed by atoms with Crippen LogP contribution >= 0.6 is 0 Å². The number of amides is 1. The summed E-state index contributed by atoms with van der Waals surface area (Å²) in [7, 11) is -3.67. The summed E-state index contributed by atoms with van der Waals surface area (Å²) in [5.41, 5.74) is 3.12. The highest BCUT2D eigenvalue weighted by Gasteiger charge is 2.14. The lowest BCUT2D eigenvalue weighted by Gasteiger charge is -2.26. The molecule has 0 bridgehead atoms. The largest absolute Gasteiger partial charge is 0.492 e. The molecule has 1 amide bonds. The van der Waals surface area contributed by atoms with Crippen molar-refractivity contribution in [2.75, 3.05) is 50.6 Å². The molecule has 1 N–H and O–H groups in total. The van der Waals surface area contributed by atoms with Gasteiger partial charge in [-0.1, -0.05) is 42.5 Å². The summed E-state index contributed by atoms with van der Waals surface area (Å²) < 4.78 is 37.1. The van der Waals surface area contributed by atoms with Crippen LogP contribution in [0, 0.1) is 0 Å². The van der Waals surface area contributed by atoms with E-state index < -0.39 is 10.1 Å². The van der Waals surface area contributed by atoms with Crippen molar-refractivity contribution in [2.45, 2.75) is 13.5 Å². The summed E-state index contributed by atoms with van der Waals surface area (Å²) in [6, 6.07) is 21.9. The second-order valence-corrected chi connectivity index (χ2v) is 10.0. The SMILES string of the molecule is CC(=O)N(Cc1ccccc1)c1ccc(-c2ccc(OCCN3CCOCC3)cc2)cn1.CS(=O)(=O)O. The molecule has 0 radical (unpaired) electrons. The minimum atomic E-state index is -3.67. The molecule has 1 aliphatic rings. The number of nitrogens with zero attached hydrogens (tertiary/aromatic N) is 3. The van der Waals surface area contributed by atoms with Crippen molar-refractivity contribution in [3.63, 3.8) is 0 Å². The van der Waals surface area contributed by atoms with Crippen LogP contribution in [0.3, 0.4) is 0 Å². The van der Waals surface area contributed by atoms with Gasteiger partial charge in [0.05, 0.1) is 26.0 Å². The van der Waals surface area contributed by atoms with Crippen LogP contribution in [0.1, 0.15) is 12.5 Å². The van der Waals surface area contributed by atoms with Gasteiger partial charge in [0.15, 0.2) is 0 Å². The van der Waals surface area contributed by atoms with Crippen LogP contribution in [0.2, 0.25) is 0 Å². The fourth-order valence-electron chi connectivity index (χ4n) is 3.70. The van der Waals surface area contributed by atoms with E-state index in [1.54, 1.807) is 11.8 Å². The number of hydrogen-bond donors (Lipinski definition) is 1. The van der Waals surface area contributed by atoms with Gasteiger partial charge in [0.25, 0.3) is 10.1 Å². The third kappa shape index (κ3) is 10.3. The number of hydrogen-bond acceptors (Lipinski definition) is 7. The van der Waals surface area contributed by atoms with E-state index in [4.69, 9.17) is 14.0 Å². The second kappa shape index (κ2) is 13.8. The van der Waals surface area contributed by atoms with E-state index in [1.807, 2.05) is 72.9 Å². The van der Waals surface area contributed by atoms with Crippen LogP contribution in [0.15, 0.2) is 72.9 Å². The van der Waals surface area contributed by atoms with Crippen molar-refractivity contribution in [1.82, 2.24) is 9.88 Å². The maximum atomic E-state index is 12.2. The Morgan fingerprint density at radius 3 is 2.22 bits per heavy atom. The van der Waals surface area contributed by atoms with Gasteiger partial charge in [-0.25, -0.2) is 4.98 Å². The number of aromatic nitrogens is 1. The van der Waals surface area contributed by atoms with Crippen molar-refractivity contribution < 1.29 is 27.2 Å². The van der Waals surface area contributed by atoms with Gasteiger partial charge in [0.1, 0.15) is 18.2 Å². The average molecular weight is 528 g/mol. The molecule has 9 nitrogen and oxygen atoms in total. The number of ether oxygens (including phenoxy) is 2. The monoisotopic (exact) mass is 527 g/mol. The van der Waals surface area contributed by atoms with E-state index in [0.29, 0.717) is 25.2 Å². The summed E-state index contributed by atoms with van der Waals surface area (Å²) in [4.78, 5) is 20.8. The molecule has 10 heteroatoms. The van der Waals surface area contributed by atoms with E-state index in [1.165, 1.54) is 0 Å². The molecule has 1 saturated heterocycles. The van der Waals surface area contributed by atoms with E-state index in [-0.39, 0.29) is 5.91 Å². The van der Waals surface area contributed by atoms with Crippen LogP contribution in [0.4, 0.5) is 5.82 Å². The normalized spacial score (nSPS) is 13.8. The van der Waals surface area contributed by atoms with Crippen LogP contribution in [0.5, 0.6) is 5.75 Å². The predicted molar refractivity (Wildman–Crippen MR) is 143 cm³/mol. The number of anilines is 1. The third-order valence-electron chi connectivity index (χ3n) is 5.56. The fraction of sp³-hybridized carbons (Fsp3) is 0.333. The van der Waals surface area contributed by atoms with E-state index in [9.17, 15) is 13.2 Å². The Morgan fingerprint density at radius 1 is 1.03 bits per heavy atom. The molecule has 1 aliphatic heterocycles. The number of carbonyl (C=O) groups excluding carboxylic acids is 1. The topological polar surface area (TPSA) is 109 Å². The summed E-state index contributed by atoms with van der Waals surface area (Å²) >= 11 is 0. The van der Waals surface area contributed by atoms with Gasteiger partial charge in [-0.15, -0.1) is 0 Å². The molecule has 3 aromatic rings. The highest BCUT2D eigenvalue weighted by Crippen LogP contribution is 2.24. The van der Waals surface area contributed by atoms with Gasteiger partial charge >= 0.3 is 0 Å². The molecule has 1 aromatic heterocycles. The smallest absolute Gasteiger partial charge is 0.261 e. The molecule has 37 heavy (non-hydrogen) atoms. The van der Waals surface area contributed by atoms with Crippen LogP contribution < -0.4 is 9.64 Å². The highest BCUT2D eigenvalue weighted by atomic mass is 32.2. The Balaban J connectivity index is 0.000000695.